The zero-order valence-electron chi connectivity index (χ0n) is 13.7. The maximum atomic E-state index is 13.3. The van der Waals surface area contributed by atoms with Crippen LogP contribution in [0, 0.1) is 19.7 Å². The molecule has 0 saturated heterocycles. The fourth-order valence-corrected chi connectivity index (χ4v) is 2.17. The average Bonchev–Trinajstić information content (AvgIpc) is 3.02. The Morgan fingerprint density at radius 2 is 1.96 bits per heavy atom. The molecule has 0 aliphatic heterocycles. The van der Waals surface area contributed by atoms with Crippen LogP contribution in [0.2, 0.25) is 0 Å². The Morgan fingerprint density at radius 3 is 2.64 bits per heavy atom. The van der Waals surface area contributed by atoms with Crippen molar-refractivity contribution in [1.29, 1.82) is 0 Å². The molecule has 0 aliphatic rings. The zero-order chi connectivity index (χ0) is 17.8. The highest BCUT2D eigenvalue weighted by molar-refractivity contribution is 6.04. The first-order valence-electron chi connectivity index (χ1n) is 7.61. The first-order chi connectivity index (χ1) is 12.0. The molecule has 6 nitrogen and oxygen atoms in total. The number of rotatable bonds is 5. The summed E-state index contributed by atoms with van der Waals surface area (Å²) in [6.45, 7) is 3.67. The molecular formula is C18H16FN3O3. The molecule has 1 aromatic heterocycles. The van der Waals surface area contributed by atoms with E-state index in [9.17, 15) is 9.18 Å². The van der Waals surface area contributed by atoms with Crippen LogP contribution in [0.15, 0.2) is 47.0 Å². The van der Waals surface area contributed by atoms with Crippen LogP contribution in [-0.4, -0.2) is 16.0 Å². The van der Waals surface area contributed by atoms with Gasteiger partial charge in [-0.1, -0.05) is 11.2 Å². The predicted octanol–water partition coefficient (Wildman–Crippen LogP) is 3.66. The van der Waals surface area contributed by atoms with Gasteiger partial charge in [-0.3, -0.25) is 4.79 Å². The first kappa shape index (κ1) is 16.6. The smallest absolute Gasteiger partial charge is 0.255 e. The normalized spacial score (nSPS) is 10.5. The molecule has 1 N–H and O–H groups in total. The Kier molecular flexibility index (Phi) is 4.74. The molecule has 0 radical (unpaired) electrons. The van der Waals surface area contributed by atoms with E-state index in [0.29, 0.717) is 28.7 Å². The van der Waals surface area contributed by atoms with Crippen molar-refractivity contribution in [2.45, 2.75) is 20.5 Å². The summed E-state index contributed by atoms with van der Waals surface area (Å²) in [5, 5.41) is 6.43. The maximum Gasteiger partial charge on any atom is 0.255 e. The second-order valence-corrected chi connectivity index (χ2v) is 5.46. The molecule has 3 rings (SSSR count). The van der Waals surface area contributed by atoms with Gasteiger partial charge in [0.2, 0.25) is 11.7 Å². The Labute approximate surface area is 143 Å². The summed E-state index contributed by atoms with van der Waals surface area (Å²) in [7, 11) is 0. The topological polar surface area (TPSA) is 77.2 Å². The molecular weight excluding hydrogens is 325 g/mol. The summed E-state index contributed by atoms with van der Waals surface area (Å²) in [6, 6.07) is 10.8. The number of nitrogens with zero attached hydrogens (tertiary/aromatic N) is 2. The quantitative estimate of drug-likeness (QED) is 0.766. The number of aryl methyl sites for hydroxylation is 2. The molecule has 25 heavy (non-hydrogen) atoms. The largest absolute Gasteiger partial charge is 0.485 e. The molecule has 0 spiro atoms. The van der Waals surface area contributed by atoms with E-state index < -0.39 is 5.82 Å². The van der Waals surface area contributed by atoms with Crippen molar-refractivity contribution in [1.82, 2.24) is 10.1 Å². The van der Waals surface area contributed by atoms with Crippen LogP contribution < -0.4 is 10.1 Å². The number of amides is 1. The van der Waals surface area contributed by atoms with E-state index in [-0.39, 0.29) is 12.5 Å². The van der Waals surface area contributed by atoms with Gasteiger partial charge in [0.25, 0.3) is 5.91 Å². The molecule has 2 aromatic carbocycles. The van der Waals surface area contributed by atoms with Crippen LogP contribution in [0.3, 0.4) is 0 Å². The monoisotopic (exact) mass is 341 g/mol. The van der Waals surface area contributed by atoms with Crippen molar-refractivity contribution in [3.63, 3.8) is 0 Å². The van der Waals surface area contributed by atoms with E-state index >= 15 is 0 Å². The molecule has 0 saturated carbocycles. The van der Waals surface area contributed by atoms with E-state index in [1.165, 1.54) is 12.1 Å². The highest BCUT2D eigenvalue weighted by Crippen LogP contribution is 2.18. The highest BCUT2D eigenvalue weighted by Gasteiger charge is 2.09. The molecule has 0 unspecified atom stereocenters. The number of ether oxygens (including phenoxy) is 1. The van der Waals surface area contributed by atoms with E-state index in [4.69, 9.17) is 9.26 Å². The van der Waals surface area contributed by atoms with Crippen molar-refractivity contribution < 1.29 is 18.4 Å². The van der Waals surface area contributed by atoms with Gasteiger partial charge in [0.1, 0.15) is 11.6 Å². The fraction of sp³-hybridized carbons (Fsp3) is 0.167. The summed E-state index contributed by atoms with van der Waals surface area (Å²) in [4.78, 5) is 16.3. The van der Waals surface area contributed by atoms with Crippen LogP contribution in [-0.2, 0) is 6.61 Å². The third kappa shape index (κ3) is 4.20. The number of halogens is 1. The molecule has 0 fully saturated rings. The lowest BCUT2D eigenvalue weighted by atomic mass is 10.1. The third-order valence-electron chi connectivity index (χ3n) is 3.50. The standard InChI is InChI=1S/C18H16FN3O3/c1-11-3-6-14(19)9-16(11)21-18(23)13-4-7-15(8-5-13)24-10-17-20-12(2)25-22-17/h3-9H,10H2,1-2H3,(H,21,23). The number of anilines is 1. The number of carbonyl (C=O) groups excluding carboxylic acids is 1. The minimum absolute atomic E-state index is 0.172. The number of hydrogen-bond acceptors (Lipinski definition) is 5. The van der Waals surface area contributed by atoms with E-state index in [1.54, 1.807) is 44.2 Å². The van der Waals surface area contributed by atoms with Gasteiger partial charge >= 0.3 is 0 Å². The van der Waals surface area contributed by atoms with Gasteiger partial charge < -0.3 is 14.6 Å². The van der Waals surface area contributed by atoms with Gasteiger partial charge in [0, 0.05) is 18.2 Å². The van der Waals surface area contributed by atoms with Crippen molar-refractivity contribution in [2.24, 2.45) is 0 Å². The summed E-state index contributed by atoms with van der Waals surface area (Å²) >= 11 is 0. The minimum Gasteiger partial charge on any atom is -0.485 e. The van der Waals surface area contributed by atoms with Crippen LogP contribution >= 0.6 is 0 Å². The van der Waals surface area contributed by atoms with Gasteiger partial charge in [-0.15, -0.1) is 0 Å². The summed E-state index contributed by atoms with van der Waals surface area (Å²) in [6.07, 6.45) is 0. The molecule has 128 valence electrons. The number of benzene rings is 2. The maximum absolute atomic E-state index is 13.3. The van der Waals surface area contributed by atoms with E-state index in [1.807, 2.05) is 0 Å². The number of aromatic nitrogens is 2. The molecule has 7 heteroatoms. The summed E-state index contributed by atoms with van der Waals surface area (Å²) < 4.78 is 23.7. The Hall–Kier alpha value is -3.22. The SMILES string of the molecule is Cc1nc(COc2ccc(C(=O)Nc3cc(F)ccc3C)cc2)no1. The van der Waals surface area contributed by atoms with E-state index in [2.05, 4.69) is 15.5 Å². The zero-order valence-corrected chi connectivity index (χ0v) is 13.7. The fourth-order valence-electron chi connectivity index (χ4n) is 2.17. The second-order valence-electron chi connectivity index (χ2n) is 5.46. The molecule has 3 aromatic rings. The highest BCUT2D eigenvalue weighted by atomic mass is 19.1. The second kappa shape index (κ2) is 7.12. The van der Waals surface area contributed by atoms with Crippen LogP contribution in [0.25, 0.3) is 0 Å². The van der Waals surface area contributed by atoms with Crippen molar-refractivity contribution in [3.8, 4) is 5.75 Å². The van der Waals surface area contributed by atoms with Gasteiger partial charge in [-0.25, -0.2) is 4.39 Å². The Morgan fingerprint density at radius 1 is 1.20 bits per heavy atom. The lowest BCUT2D eigenvalue weighted by molar-refractivity contribution is 0.102. The Bertz CT molecular complexity index is 891. The summed E-state index contributed by atoms with van der Waals surface area (Å²) in [5.41, 5.74) is 1.66. The molecule has 1 heterocycles. The molecule has 0 atom stereocenters. The summed E-state index contributed by atoms with van der Waals surface area (Å²) in [5.74, 6) is 0.760. The molecule has 1 amide bonds. The van der Waals surface area contributed by atoms with Gasteiger partial charge in [-0.2, -0.15) is 4.98 Å². The third-order valence-corrected chi connectivity index (χ3v) is 3.50. The lowest BCUT2D eigenvalue weighted by Gasteiger charge is -2.09. The van der Waals surface area contributed by atoms with Crippen molar-refractivity contribution >= 4 is 11.6 Å². The van der Waals surface area contributed by atoms with Crippen molar-refractivity contribution in [2.75, 3.05) is 5.32 Å². The Balaban J connectivity index is 1.63. The van der Waals surface area contributed by atoms with Crippen LogP contribution in [0.1, 0.15) is 27.6 Å². The molecule has 0 aliphatic carbocycles. The number of hydrogen-bond donors (Lipinski definition) is 1. The predicted molar refractivity (Wildman–Crippen MR) is 88.9 cm³/mol. The van der Waals surface area contributed by atoms with Gasteiger partial charge in [-0.05, 0) is 48.9 Å². The van der Waals surface area contributed by atoms with E-state index in [0.717, 1.165) is 5.56 Å². The first-order valence-corrected chi connectivity index (χ1v) is 7.61. The van der Waals surface area contributed by atoms with Gasteiger partial charge in [0.05, 0.1) is 0 Å². The lowest BCUT2D eigenvalue weighted by Crippen LogP contribution is -2.12. The molecule has 0 bridgehead atoms. The van der Waals surface area contributed by atoms with Crippen LogP contribution in [0.5, 0.6) is 5.75 Å². The number of carbonyl (C=O) groups is 1. The van der Waals surface area contributed by atoms with Crippen molar-refractivity contribution in [3.05, 3.63) is 71.1 Å². The van der Waals surface area contributed by atoms with Gasteiger partial charge in [0.15, 0.2) is 6.61 Å². The average molecular weight is 341 g/mol. The minimum atomic E-state index is -0.402. The van der Waals surface area contributed by atoms with Crippen LogP contribution in [0.4, 0.5) is 10.1 Å². The number of nitrogens with one attached hydrogen (secondary N) is 1.